The van der Waals surface area contributed by atoms with Crippen molar-refractivity contribution in [2.45, 2.75) is 30.6 Å². The number of rotatable bonds is 7. The molecule has 0 atom stereocenters. The van der Waals surface area contributed by atoms with Gasteiger partial charge in [0.15, 0.2) is 0 Å². The molecule has 3 aromatic rings. The number of aryl methyl sites for hydroxylation is 1. The third-order valence-corrected chi connectivity index (χ3v) is 8.05. The second kappa shape index (κ2) is 11.3. The van der Waals surface area contributed by atoms with E-state index in [4.69, 9.17) is 39.5 Å². The highest BCUT2D eigenvalue weighted by Crippen LogP contribution is 2.36. The Kier molecular flexibility index (Phi) is 8.33. The Balaban J connectivity index is 1.49. The molecule has 0 unspecified atom stereocenters. The fourth-order valence-corrected chi connectivity index (χ4v) is 5.82. The molecule has 2 aromatic carbocycles. The van der Waals surface area contributed by atoms with Crippen LogP contribution in [0, 0.1) is 0 Å². The molecule has 8 nitrogen and oxygen atoms in total. The number of benzene rings is 2. The number of sulfonamides is 1. The van der Waals surface area contributed by atoms with Gasteiger partial charge in [-0.1, -0.05) is 40.9 Å². The van der Waals surface area contributed by atoms with E-state index in [1.165, 1.54) is 19.2 Å². The predicted molar refractivity (Wildman–Crippen MR) is 141 cm³/mol. The Morgan fingerprint density at radius 2 is 1.92 bits per heavy atom. The molecule has 0 bridgehead atoms. The summed E-state index contributed by atoms with van der Waals surface area (Å²) in [6.07, 6.45) is 2.18. The average Bonchev–Trinajstić information content (AvgIpc) is 3.27. The van der Waals surface area contributed by atoms with Crippen LogP contribution in [0.4, 0.5) is 9.18 Å². The van der Waals surface area contributed by atoms with Gasteiger partial charge in [-0.05, 0) is 60.7 Å². The van der Waals surface area contributed by atoms with E-state index in [0.29, 0.717) is 52.6 Å². The first kappa shape index (κ1) is 27.3. The lowest BCUT2D eigenvalue weighted by molar-refractivity contribution is 0.246. The molecule has 0 saturated carbocycles. The fraction of sp³-hybridized carbons (Fsp3) is 0.250. The molecule has 37 heavy (non-hydrogen) atoms. The number of carbonyl (C=O) groups excluding carboxylic acids is 1. The fourth-order valence-electron chi connectivity index (χ4n) is 4.07. The molecule has 196 valence electrons. The van der Waals surface area contributed by atoms with Crippen LogP contribution in [0.2, 0.25) is 15.1 Å². The van der Waals surface area contributed by atoms with Crippen LogP contribution in [0.1, 0.15) is 35.4 Å². The lowest BCUT2D eigenvalue weighted by Crippen LogP contribution is -2.40. The van der Waals surface area contributed by atoms with Crippen molar-refractivity contribution in [2.24, 2.45) is 0 Å². The lowest BCUT2D eigenvalue weighted by atomic mass is 9.88. The summed E-state index contributed by atoms with van der Waals surface area (Å²) in [6.45, 7) is -0.508. The van der Waals surface area contributed by atoms with Gasteiger partial charge < -0.3 is 10.1 Å². The van der Waals surface area contributed by atoms with Gasteiger partial charge in [0.1, 0.15) is 11.6 Å². The monoisotopic (exact) mass is 586 g/mol. The number of nitrogens with one attached hydrogen (secondary N) is 3. The summed E-state index contributed by atoms with van der Waals surface area (Å²) in [5.74, 6) is -0.312. The molecule has 1 heterocycles. The number of nitrogens with zero attached hydrogens (tertiary/aromatic N) is 1. The summed E-state index contributed by atoms with van der Waals surface area (Å²) >= 11 is 18.3. The van der Waals surface area contributed by atoms with Gasteiger partial charge in [0, 0.05) is 27.7 Å². The van der Waals surface area contributed by atoms with Crippen molar-refractivity contribution in [1.29, 1.82) is 0 Å². The van der Waals surface area contributed by atoms with Crippen LogP contribution in [0.3, 0.4) is 0 Å². The van der Waals surface area contributed by atoms with E-state index < -0.39 is 28.4 Å². The van der Waals surface area contributed by atoms with E-state index in [1.807, 2.05) is 4.72 Å². The number of aromatic nitrogens is 2. The molecule has 1 aliphatic carbocycles. The quantitative estimate of drug-likeness (QED) is 0.329. The molecule has 0 saturated heterocycles. The van der Waals surface area contributed by atoms with Gasteiger partial charge in [-0.3, -0.25) is 5.10 Å². The van der Waals surface area contributed by atoms with Gasteiger partial charge in [-0.2, -0.15) is 5.10 Å². The summed E-state index contributed by atoms with van der Waals surface area (Å²) in [6, 6.07) is 7.80. The van der Waals surface area contributed by atoms with Crippen molar-refractivity contribution in [3.63, 3.8) is 0 Å². The number of carbonyl (C=O) groups is 1. The number of fused-ring (bicyclic) bond motifs is 1. The van der Waals surface area contributed by atoms with Gasteiger partial charge in [0.25, 0.3) is 10.0 Å². The summed E-state index contributed by atoms with van der Waals surface area (Å²) < 4.78 is 47.2. The van der Waals surface area contributed by atoms with Crippen molar-refractivity contribution < 1.29 is 22.3 Å². The van der Waals surface area contributed by atoms with Gasteiger partial charge in [-0.15, -0.1) is 0 Å². The van der Waals surface area contributed by atoms with Crippen molar-refractivity contribution >= 4 is 56.4 Å². The van der Waals surface area contributed by atoms with Gasteiger partial charge in [0.2, 0.25) is 0 Å². The molecule has 4 rings (SSSR count). The third kappa shape index (κ3) is 6.20. The Hall–Kier alpha value is -2.79. The van der Waals surface area contributed by atoms with Gasteiger partial charge in [0.05, 0.1) is 29.3 Å². The molecule has 3 N–H and O–H groups in total. The van der Waals surface area contributed by atoms with Crippen LogP contribution < -0.4 is 14.8 Å². The number of amides is 2. The molecule has 0 fully saturated rings. The van der Waals surface area contributed by atoms with Crippen LogP contribution in [0.5, 0.6) is 5.75 Å². The maximum atomic E-state index is 15.3. The zero-order valence-corrected chi connectivity index (χ0v) is 22.6. The summed E-state index contributed by atoms with van der Waals surface area (Å²) in [7, 11) is -2.86. The molecule has 2 amide bonds. The molecule has 13 heteroatoms. The Morgan fingerprint density at radius 3 is 2.62 bits per heavy atom. The van der Waals surface area contributed by atoms with Gasteiger partial charge in [-0.25, -0.2) is 22.3 Å². The highest BCUT2D eigenvalue weighted by atomic mass is 35.5. The third-order valence-electron chi connectivity index (χ3n) is 5.84. The Morgan fingerprint density at radius 1 is 1.14 bits per heavy atom. The van der Waals surface area contributed by atoms with Crippen molar-refractivity contribution in [2.75, 3.05) is 13.7 Å². The van der Waals surface area contributed by atoms with Crippen molar-refractivity contribution in [1.82, 2.24) is 20.2 Å². The summed E-state index contributed by atoms with van der Waals surface area (Å²) in [4.78, 5) is 12.1. The van der Waals surface area contributed by atoms with Crippen molar-refractivity contribution in [3.8, 4) is 5.75 Å². The minimum Gasteiger partial charge on any atom is -0.495 e. The van der Waals surface area contributed by atoms with Crippen LogP contribution >= 0.6 is 34.8 Å². The SMILES string of the molecule is COc1ccc(S(=O)(=O)NC(=O)NCC(F)=C2CCCc3[nH]nc(Cc4ccc(Cl)cc4Cl)c32)cc1Cl. The van der Waals surface area contributed by atoms with E-state index in [1.54, 1.807) is 18.2 Å². The van der Waals surface area contributed by atoms with E-state index in [0.717, 1.165) is 17.3 Å². The standard InChI is InChI=1S/C24H22Cl3FN4O4S/c1-36-22-8-7-15(11-18(22)27)37(34,35)32-24(33)29-12-19(28)16-3-2-4-20-23(16)21(31-30-20)9-13-5-6-14(25)10-17(13)26/h5-8,10-11H,2-4,9,12H2,1H3,(H,30,31)(H2,29,32,33). The number of aromatic amines is 1. The van der Waals surface area contributed by atoms with E-state index in [-0.39, 0.29) is 15.7 Å². The summed E-state index contributed by atoms with van der Waals surface area (Å²) in [5.41, 5.74) is 3.25. The number of urea groups is 1. The topological polar surface area (TPSA) is 113 Å². The van der Waals surface area contributed by atoms with E-state index in [9.17, 15) is 13.2 Å². The second-order valence-electron chi connectivity index (χ2n) is 8.26. The van der Waals surface area contributed by atoms with Crippen molar-refractivity contribution in [3.05, 3.63) is 79.8 Å². The normalized spacial score (nSPS) is 14.6. The Labute approximate surface area is 228 Å². The molecule has 0 spiro atoms. The minimum atomic E-state index is -4.25. The number of hydrogen-bond donors (Lipinski definition) is 3. The number of allylic oxidation sites excluding steroid dienone is 1. The molecular formula is C24H22Cl3FN4O4S. The molecule has 1 aliphatic rings. The number of ether oxygens (including phenoxy) is 1. The number of methoxy groups -OCH3 is 1. The first-order valence-electron chi connectivity index (χ1n) is 11.1. The van der Waals surface area contributed by atoms with Crippen LogP contribution in [0.25, 0.3) is 5.57 Å². The maximum absolute atomic E-state index is 15.3. The first-order chi connectivity index (χ1) is 17.6. The largest absolute Gasteiger partial charge is 0.495 e. The molecule has 0 aliphatic heterocycles. The maximum Gasteiger partial charge on any atom is 0.329 e. The first-order valence-corrected chi connectivity index (χ1v) is 13.7. The van der Waals surface area contributed by atoms with Gasteiger partial charge >= 0.3 is 6.03 Å². The van der Waals surface area contributed by atoms with Crippen LogP contribution in [-0.4, -0.2) is 38.3 Å². The predicted octanol–water partition coefficient (Wildman–Crippen LogP) is 5.67. The highest BCUT2D eigenvalue weighted by Gasteiger charge is 2.25. The molecule has 0 radical (unpaired) electrons. The van der Waals surface area contributed by atoms with E-state index in [2.05, 4.69) is 15.5 Å². The molecule has 1 aromatic heterocycles. The highest BCUT2D eigenvalue weighted by molar-refractivity contribution is 7.90. The minimum absolute atomic E-state index is 0.0606. The lowest BCUT2D eigenvalue weighted by Gasteiger charge is -2.18. The zero-order valence-electron chi connectivity index (χ0n) is 19.5. The van der Waals surface area contributed by atoms with Crippen LogP contribution in [0.15, 0.2) is 47.1 Å². The Bertz CT molecular complexity index is 1490. The molecular weight excluding hydrogens is 566 g/mol. The number of H-pyrrole nitrogens is 1. The average molecular weight is 588 g/mol. The summed E-state index contributed by atoms with van der Waals surface area (Å²) in [5, 5.41) is 10.6. The van der Waals surface area contributed by atoms with E-state index >= 15 is 4.39 Å². The number of hydrogen-bond acceptors (Lipinski definition) is 5. The second-order valence-corrected chi connectivity index (χ2v) is 11.2. The number of halogens is 4. The zero-order chi connectivity index (χ0) is 26.7. The smallest absolute Gasteiger partial charge is 0.329 e. The van der Waals surface area contributed by atoms with Crippen LogP contribution in [-0.2, 0) is 22.9 Å².